The van der Waals surface area contributed by atoms with Gasteiger partial charge in [0, 0.05) is 68.9 Å². The maximum Gasteiger partial charge on any atom is 0.418 e. The number of rotatable bonds is 6. The van der Waals surface area contributed by atoms with Gasteiger partial charge in [0.15, 0.2) is 6.10 Å². The number of benzene rings is 2. The van der Waals surface area contributed by atoms with Crippen molar-refractivity contribution in [3.8, 4) is 0 Å². The molecule has 0 aromatic heterocycles. The maximum atomic E-state index is 14.0. The second-order valence-corrected chi connectivity index (χ2v) is 12.7. The summed E-state index contributed by atoms with van der Waals surface area (Å²) in [5, 5.41) is 5.56. The van der Waals surface area contributed by atoms with Crippen LogP contribution in [-0.2, 0) is 32.3 Å². The lowest BCUT2D eigenvalue weighted by Gasteiger charge is -2.44. The summed E-state index contributed by atoms with van der Waals surface area (Å²) in [5.41, 5.74) is 1.21. The third-order valence-electron chi connectivity index (χ3n) is 9.65. The lowest BCUT2D eigenvalue weighted by Crippen LogP contribution is -2.52. The van der Waals surface area contributed by atoms with Gasteiger partial charge >= 0.3 is 12.3 Å². The van der Waals surface area contributed by atoms with Crippen molar-refractivity contribution in [3.05, 3.63) is 58.7 Å². The first-order valence-corrected chi connectivity index (χ1v) is 15.5. The van der Waals surface area contributed by atoms with Gasteiger partial charge in [0.25, 0.3) is 5.91 Å². The number of hydrogen-bond donors (Lipinski definition) is 2. The molecule has 0 radical (unpaired) electrons. The first-order chi connectivity index (χ1) is 21.3. The SMILES string of the molecule is CNc1c(C)cc(C[C@@H](OC(=O)N2CCC3(CC2)CC(=O)Nc2ccccc23)C(=O)N2CCC(N(C)C)CC2)cc1C(F)(F)F. The molecule has 9 nitrogen and oxygen atoms in total. The zero-order chi connectivity index (χ0) is 32.5. The van der Waals surface area contributed by atoms with Crippen molar-refractivity contribution in [2.45, 2.75) is 69.2 Å². The lowest BCUT2D eigenvalue weighted by atomic mass is 9.68. The summed E-state index contributed by atoms with van der Waals surface area (Å²) in [6.45, 7) is 3.16. The number of para-hydroxylation sites is 1. The van der Waals surface area contributed by atoms with Gasteiger partial charge in [-0.3, -0.25) is 9.59 Å². The van der Waals surface area contributed by atoms with Crippen molar-refractivity contribution in [1.29, 1.82) is 0 Å². The molecule has 0 saturated carbocycles. The summed E-state index contributed by atoms with van der Waals surface area (Å²) in [7, 11) is 5.41. The highest BCUT2D eigenvalue weighted by Gasteiger charge is 2.44. The van der Waals surface area contributed by atoms with Crippen LogP contribution in [0.3, 0.4) is 0 Å². The number of anilines is 2. The number of nitrogens with zero attached hydrogens (tertiary/aromatic N) is 3. The van der Waals surface area contributed by atoms with Crippen LogP contribution in [0.15, 0.2) is 36.4 Å². The molecule has 45 heavy (non-hydrogen) atoms. The van der Waals surface area contributed by atoms with Crippen LogP contribution in [0.4, 0.5) is 29.3 Å². The smallest absolute Gasteiger partial charge is 0.418 e. The fourth-order valence-corrected chi connectivity index (χ4v) is 7.15. The number of piperidine rings is 2. The predicted molar refractivity (Wildman–Crippen MR) is 165 cm³/mol. The summed E-state index contributed by atoms with van der Waals surface area (Å²) in [6.07, 6.45) is -3.86. The van der Waals surface area contributed by atoms with Gasteiger partial charge in [0.1, 0.15) is 0 Å². The van der Waals surface area contributed by atoms with E-state index in [0.717, 1.165) is 30.2 Å². The van der Waals surface area contributed by atoms with E-state index in [1.807, 2.05) is 38.4 Å². The van der Waals surface area contributed by atoms with Gasteiger partial charge in [-0.1, -0.05) is 24.3 Å². The molecule has 0 bridgehead atoms. The maximum absolute atomic E-state index is 14.0. The summed E-state index contributed by atoms with van der Waals surface area (Å²) in [5.74, 6) is -0.470. The van der Waals surface area contributed by atoms with Crippen LogP contribution < -0.4 is 10.6 Å². The molecule has 12 heteroatoms. The minimum absolute atomic E-state index is 0.0305. The van der Waals surface area contributed by atoms with Gasteiger partial charge in [-0.05, 0) is 75.5 Å². The molecule has 3 aliphatic rings. The second-order valence-electron chi connectivity index (χ2n) is 12.7. The van der Waals surface area contributed by atoms with Gasteiger partial charge < -0.3 is 30.1 Å². The van der Waals surface area contributed by atoms with Crippen LogP contribution in [0.1, 0.15) is 54.4 Å². The second kappa shape index (κ2) is 12.9. The van der Waals surface area contributed by atoms with Crippen molar-refractivity contribution in [2.24, 2.45) is 0 Å². The minimum atomic E-state index is -4.61. The van der Waals surface area contributed by atoms with Crippen LogP contribution in [0.2, 0.25) is 0 Å². The number of halogens is 3. The van der Waals surface area contributed by atoms with Gasteiger partial charge in [-0.2, -0.15) is 13.2 Å². The predicted octanol–water partition coefficient (Wildman–Crippen LogP) is 5.03. The summed E-state index contributed by atoms with van der Waals surface area (Å²) < 4.78 is 47.8. The topological polar surface area (TPSA) is 94.2 Å². The fraction of sp³-hybridized carbons (Fsp3) is 0.545. The highest BCUT2D eigenvalue weighted by Crippen LogP contribution is 2.45. The van der Waals surface area contributed by atoms with E-state index in [1.54, 1.807) is 17.9 Å². The first kappa shape index (κ1) is 32.6. The van der Waals surface area contributed by atoms with E-state index < -0.39 is 35.3 Å². The Morgan fingerprint density at radius 1 is 1.09 bits per heavy atom. The van der Waals surface area contributed by atoms with Crippen molar-refractivity contribution in [3.63, 3.8) is 0 Å². The zero-order valence-corrected chi connectivity index (χ0v) is 26.3. The normalized spacial score (nSPS) is 19.2. The number of amides is 3. The van der Waals surface area contributed by atoms with Crippen LogP contribution >= 0.6 is 0 Å². The zero-order valence-electron chi connectivity index (χ0n) is 26.3. The largest absolute Gasteiger partial charge is 0.436 e. The van der Waals surface area contributed by atoms with Crippen molar-refractivity contribution < 1.29 is 32.3 Å². The summed E-state index contributed by atoms with van der Waals surface area (Å²) >= 11 is 0. The highest BCUT2D eigenvalue weighted by molar-refractivity contribution is 5.95. The number of carbonyl (C=O) groups excluding carboxylic acids is 3. The molecule has 244 valence electrons. The van der Waals surface area contributed by atoms with Crippen molar-refractivity contribution in [1.82, 2.24) is 14.7 Å². The van der Waals surface area contributed by atoms with E-state index in [1.165, 1.54) is 11.9 Å². The molecule has 5 rings (SSSR count). The van der Waals surface area contributed by atoms with Crippen LogP contribution in [0.25, 0.3) is 0 Å². The number of hydrogen-bond acceptors (Lipinski definition) is 6. The Morgan fingerprint density at radius 2 is 1.76 bits per heavy atom. The number of nitrogens with one attached hydrogen (secondary N) is 2. The minimum Gasteiger partial charge on any atom is -0.436 e. The average molecular weight is 630 g/mol. The molecule has 2 saturated heterocycles. The van der Waals surface area contributed by atoms with E-state index in [4.69, 9.17) is 4.74 Å². The summed E-state index contributed by atoms with van der Waals surface area (Å²) in [6, 6.07) is 10.6. The molecule has 3 heterocycles. The van der Waals surface area contributed by atoms with Gasteiger partial charge in [0.2, 0.25) is 5.91 Å². The summed E-state index contributed by atoms with van der Waals surface area (Å²) in [4.78, 5) is 45.2. The van der Waals surface area contributed by atoms with Crippen LogP contribution in [0, 0.1) is 6.92 Å². The van der Waals surface area contributed by atoms with Gasteiger partial charge in [-0.15, -0.1) is 0 Å². The Kier molecular flexibility index (Phi) is 9.34. The Hall–Kier alpha value is -3.80. The van der Waals surface area contributed by atoms with Crippen molar-refractivity contribution >= 4 is 29.3 Å². The molecule has 1 atom stereocenters. The average Bonchev–Trinajstić information content (AvgIpc) is 3.00. The Labute approximate surface area is 262 Å². The molecular formula is C33H42F3N5O4. The number of ether oxygens (including phenoxy) is 1. The Morgan fingerprint density at radius 3 is 2.38 bits per heavy atom. The molecule has 2 N–H and O–H groups in total. The highest BCUT2D eigenvalue weighted by atomic mass is 19.4. The number of aryl methyl sites for hydroxylation is 1. The van der Waals surface area contributed by atoms with Crippen LogP contribution in [0.5, 0.6) is 0 Å². The number of fused-ring (bicyclic) bond motifs is 2. The fourth-order valence-electron chi connectivity index (χ4n) is 7.15. The quantitative estimate of drug-likeness (QED) is 0.466. The monoisotopic (exact) mass is 629 g/mol. The number of alkyl halides is 3. The molecule has 2 fully saturated rings. The first-order valence-electron chi connectivity index (χ1n) is 15.5. The number of likely N-dealkylation sites (tertiary alicyclic amines) is 2. The van der Waals surface area contributed by atoms with Gasteiger partial charge in [-0.25, -0.2) is 4.79 Å². The van der Waals surface area contributed by atoms with E-state index in [-0.39, 0.29) is 23.6 Å². The van der Waals surface area contributed by atoms with E-state index in [2.05, 4.69) is 15.5 Å². The van der Waals surface area contributed by atoms with Crippen molar-refractivity contribution in [2.75, 3.05) is 58.0 Å². The molecule has 1 spiro atoms. The molecule has 2 aromatic rings. The molecular weight excluding hydrogens is 587 g/mol. The van der Waals surface area contributed by atoms with E-state index >= 15 is 0 Å². The third kappa shape index (κ3) is 6.90. The van der Waals surface area contributed by atoms with E-state index in [9.17, 15) is 27.6 Å². The molecule has 0 aliphatic carbocycles. The van der Waals surface area contributed by atoms with Gasteiger partial charge in [0.05, 0.1) is 5.56 Å². The Bertz CT molecular complexity index is 1430. The molecule has 2 aromatic carbocycles. The lowest BCUT2D eigenvalue weighted by molar-refractivity contribution is -0.142. The van der Waals surface area contributed by atoms with E-state index in [0.29, 0.717) is 57.0 Å². The van der Waals surface area contributed by atoms with Crippen LogP contribution in [-0.4, -0.2) is 92.1 Å². The third-order valence-corrected chi connectivity index (χ3v) is 9.65. The molecule has 3 aliphatic heterocycles. The molecule has 3 amide bonds. The Balaban J connectivity index is 1.35. The number of carbonyl (C=O) groups is 3. The molecule has 0 unspecified atom stereocenters. The standard InChI is InChI=1S/C33H42F3N5O4/c1-21-17-22(18-25(29(21)37-2)33(34,35)36)19-27(30(43)40-13-9-23(10-14-40)39(3)4)45-31(44)41-15-11-32(12-16-41)20-28(42)38-26-8-6-5-7-24(26)32/h5-8,17-18,23,27,37H,9-16,19-20H2,1-4H3,(H,38,42)/t27-/m1/s1.